The fraction of sp³-hybridized carbons (Fsp3) is 0.0667. The number of hydrogen-bond acceptors (Lipinski definition) is 3. The van der Waals surface area contributed by atoms with Crippen molar-refractivity contribution in [3.63, 3.8) is 0 Å². The number of imide groups is 1. The molecule has 106 valence electrons. The van der Waals surface area contributed by atoms with Crippen molar-refractivity contribution >= 4 is 33.4 Å². The summed E-state index contributed by atoms with van der Waals surface area (Å²) >= 11 is 3.13. The zero-order valence-corrected chi connectivity index (χ0v) is 12.3. The third-order valence-electron chi connectivity index (χ3n) is 3.22. The first kappa shape index (κ1) is 13.8. The van der Waals surface area contributed by atoms with Crippen molar-refractivity contribution in [3.8, 4) is 0 Å². The van der Waals surface area contributed by atoms with Crippen LogP contribution in [0.2, 0.25) is 0 Å². The van der Waals surface area contributed by atoms with Gasteiger partial charge in [-0.3, -0.25) is 14.9 Å². The molecule has 0 bridgehead atoms. The van der Waals surface area contributed by atoms with Gasteiger partial charge < -0.3 is 5.32 Å². The lowest BCUT2D eigenvalue weighted by molar-refractivity contribution is 0.0879. The number of amides is 2. The summed E-state index contributed by atoms with van der Waals surface area (Å²) in [6, 6.07) is 9.72. The summed E-state index contributed by atoms with van der Waals surface area (Å²) in [6.45, 7) is 0.479. The molecule has 6 heteroatoms. The standard InChI is InChI=1S/C15H10BrFN2O2/c16-12-5-8(1-4-13(12)17)7-18-9-2-3-10-11(6-9)15(21)19-14(10)20/h1-6,18H,7H2,(H,19,20,21). The van der Waals surface area contributed by atoms with E-state index in [1.165, 1.54) is 6.07 Å². The Morgan fingerprint density at radius 1 is 1.05 bits per heavy atom. The summed E-state index contributed by atoms with van der Waals surface area (Å²) in [4.78, 5) is 23.0. The molecule has 0 aliphatic carbocycles. The Bertz CT molecular complexity index is 761. The van der Waals surface area contributed by atoms with Gasteiger partial charge >= 0.3 is 0 Å². The van der Waals surface area contributed by atoms with E-state index >= 15 is 0 Å². The van der Waals surface area contributed by atoms with E-state index in [0.29, 0.717) is 22.1 Å². The summed E-state index contributed by atoms with van der Waals surface area (Å²) in [6.07, 6.45) is 0. The average molecular weight is 349 g/mol. The van der Waals surface area contributed by atoms with Crippen LogP contribution in [0.3, 0.4) is 0 Å². The molecule has 0 aromatic heterocycles. The molecule has 2 N–H and O–H groups in total. The van der Waals surface area contributed by atoms with Crippen LogP contribution in [0, 0.1) is 5.82 Å². The first-order valence-electron chi connectivity index (χ1n) is 6.22. The van der Waals surface area contributed by atoms with Gasteiger partial charge in [-0.25, -0.2) is 4.39 Å². The average Bonchev–Trinajstić information content (AvgIpc) is 2.75. The van der Waals surface area contributed by atoms with Gasteiger partial charge in [0, 0.05) is 12.2 Å². The Labute approximate surface area is 128 Å². The van der Waals surface area contributed by atoms with Crippen LogP contribution in [0.4, 0.5) is 10.1 Å². The van der Waals surface area contributed by atoms with Crippen LogP contribution in [0.25, 0.3) is 0 Å². The lowest BCUT2D eigenvalue weighted by Gasteiger charge is -2.08. The number of fused-ring (bicyclic) bond motifs is 1. The molecule has 1 aliphatic heterocycles. The van der Waals surface area contributed by atoms with E-state index < -0.39 is 0 Å². The first-order valence-corrected chi connectivity index (χ1v) is 7.01. The van der Waals surface area contributed by atoms with Crippen molar-refractivity contribution in [2.45, 2.75) is 6.54 Å². The first-order chi connectivity index (χ1) is 10.0. The molecule has 0 atom stereocenters. The highest BCUT2D eigenvalue weighted by Gasteiger charge is 2.26. The smallest absolute Gasteiger partial charge is 0.259 e. The third-order valence-corrected chi connectivity index (χ3v) is 3.82. The fourth-order valence-corrected chi connectivity index (χ4v) is 2.56. The molecule has 21 heavy (non-hydrogen) atoms. The highest BCUT2D eigenvalue weighted by Crippen LogP contribution is 2.22. The van der Waals surface area contributed by atoms with E-state index in [0.717, 1.165) is 11.3 Å². The number of carbonyl (C=O) groups excluding carboxylic acids is 2. The highest BCUT2D eigenvalue weighted by molar-refractivity contribution is 9.10. The van der Waals surface area contributed by atoms with Gasteiger partial charge in [-0.05, 0) is 51.8 Å². The van der Waals surface area contributed by atoms with Gasteiger partial charge in [0.25, 0.3) is 11.8 Å². The minimum absolute atomic E-state index is 0.313. The molecule has 0 radical (unpaired) electrons. The SMILES string of the molecule is O=C1NC(=O)c2cc(NCc3ccc(F)c(Br)c3)ccc21. The molecule has 3 rings (SSSR count). The van der Waals surface area contributed by atoms with Crippen LogP contribution in [0.1, 0.15) is 26.3 Å². The van der Waals surface area contributed by atoms with E-state index in [1.807, 2.05) is 0 Å². The zero-order valence-electron chi connectivity index (χ0n) is 10.7. The normalized spacial score (nSPS) is 13.0. The maximum absolute atomic E-state index is 13.1. The van der Waals surface area contributed by atoms with Crippen LogP contribution >= 0.6 is 15.9 Å². The Hall–Kier alpha value is -2.21. The van der Waals surface area contributed by atoms with Crippen LogP contribution in [-0.4, -0.2) is 11.8 Å². The fourth-order valence-electron chi connectivity index (χ4n) is 2.13. The molecule has 0 spiro atoms. The van der Waals surface area contributed by atoms with E-state index in [2.05, 4.69) is 26.6 Å². The summed E-state index contributed by atoms with van der Waals surface area (Å²) in [7, 11) is 0. The minimum Gasteiger partial charge on any atom is -0.381 e. The van der Waals surface area contributed by atoms with Crippen molar-refractivity contribution in [3.05, 3.63) is 63.4 Å². The van der Waals surface area contributed by atoms with Gasteiger partial charge in [0.2, 0.25) is 0 Å². The Morgan fingerprint density at radius 3 is 2.57 bits per heavy atom. The number of carbonyl (C=O) groups is 2. The summed E-state index contributed by atoms with van der Waals surface area (Å²) in [5, 5.41) is 5.38. The molecule has 1 aliphatic rings. The number of rotatable bonds is 3. The van der Waals surface area contributed by atoms with E-state index in [1.54, 1.807) is 30.3 Å². The van der Waals surface area contributed by atoms with Gasteiger partial charge in [-0.15, -0.1) is 0 Å². The molecule has 0 fully saturated rings. The van der Waals surface area contributed by atoms with Crippen LogP contribution < -0.4 is 10.6 Å². The number of halogens is 2. The van der Waals surface area contributed by atoms with Crippen LogP contribution in [-0.2, 0) is 6.54 Å². The second-order valence-corrected chi connectivity index (χ2v) is 5.50. The van der Waals surface area contributed by atoms with Crippen molar-refractivity contribution in [2.24, 2.45) is 0 Å². The number of anilines is 1. The molecule has 0 saturated carbocycles. The number of hydrogen-bond donors (Lipinski definition) is 2. The molecule has 1 heterocycles. The minimum atomic E-state index is -0.386. The van der Waals surface area contributed by atoms with Crippen molar-refractivity contribution in [1.29, 1.82) is 0 Å². The molecule has 2 aromatic carbocycles. The van der Waals surface area contributed by atoms with Crippen LogP contribution in [0.15, 0.2) is 40.9 Å². The topological polar surface area (TPSA) is 58.2 Å². The van der Waals surface area contributed by atoms with Gasteiger partial charge in [-0.2, -0.15) is 0 Å². The molecule has 4 nitrogen and oxygen atoms in total. The molecule has 0 saturated heterocycles. The molecule has 2 aromatic rings. The summed E-state index contributed by atoms with van der Waals surface area (Å²) < 4.78 is 13.6. The maximum atomic E-state index is 13.1. The second kappa shape index (κ2) is 5.29. The number of benzene rings is 2. The van der Waals surface area contributed by atoms with E-state index in [-0.39, 0.29) is 17.6 Å². The van der Waals surface area contributed by atoms with Crippen molar-refractivity contribution < 1.29 is 14.0 Å². The second-order valence-electron chi connectivity index (χ2n) is 4.65. The van der Waals surface area contributed by atoms with Gasteiger partial charge in [-0.1, -0.05) is 6.07 Å². The Morgan fingerprint density at radius 2 is 1.81 bits per heavy atom. The predicted molar refractivity (Wildman–Crippen MR) is 79.7 cm³/mol. The molecular formula is C15H10BrFN2O2. The lowest BCUT2D eigenvalue weighted by atomic mass is 10.1. The Kier molecular flexibility index (Phi) is 3.47. The van der Waals surface area contributed by atoms with Crippen molar-refractivity contribution in [2.75, 3.05) is 5.32 Å². The highest BCUT2D eigenvalue weighted by atomic mass is 79.9. The monoisotopic (exact) mass is 348 g/mol. The van der Waals surface area contributed by atoms with Crippen LogP contribution in [0.5, 0.6) is 0 Å². The van der Waals surface area contributed by atoms with Gasteiger partial charge in [0.05, 0.1) is 15.6 Å². The third kappa shape index (κ3) is 2.67. The molecule has 0 unspecified atom stereocenters. The van der Waals surface area contributed by atoms with Crippen molar-refractivity contribution in [1.82, 2.24) is 5.32 Å². The zero-order chi connectivity index (χ0) is 15.0. The van der Waals surface area contributed by atoms with E-state index in [9.17, 15) is 14.0 Å². The summed E-state index contributed by atoms with van der Waals surface area (Å²) in [5.41, 5.74) is 2.36. The maximum Gasteiger partial charge on any atom is 0.259 e. The number of nitrogens with one attached hydrogen (secondary N) is 2. The molecule has 2 amide bonds. The van der Waals surface area contributed by atoms with Gasteiger partial charge in [0.1, 0.15) is 5.82 Å². The molecular weight excluding hydrogens is 339 g/mol. The predicted octanol–water partition coefficient (Wildman–Crippen LogP) is 3.08. The Balaban J connectivity index is 1.77. The largest absolute Gasteiger partial charge is 0.381 e. The summed E-state index contributed by atoms with van der Waals surface area (Å²) in [5.74, 6) is -1.07. The quantitative estimate of drug-likeness (QED) is 0.838. The lowest BCUT2D eigenvalue weighted by Crippen LogP contribution is -2.19. The van der Waals surface area contributed by atoms with Gasteiger partial charge in [0.15, 0.2) is 0 Å². The van der Waals surface area contributed by atoms with E-state index in [4.69, 9.17) is 0 Å².